The minimum Gasteiger partial charge on any atom is -0.295 e. The number of rotatable bonds is 1. The maximum atomic E-state index is 11.2. The lowest BCUT2D eigenvalue weighted by Crippen LogP contribution is -2.31. The summed E-state index contributed by atoms with van der Waals surface area (Å²) in [7, 11) is 0. The second-order valence-corrected chi connectivity index (χ2v) is 4.33. The summed E-state index contributed by atoms with van der Waals surface area (Å²) < 4.78 is 0. The van der Waals surface area contributed by atoms with Gasteiger partial charge in [0.25, 0.3) is 0 Å². The average molecular weight is 177 g/mol. The molecule has 0 heterocycles. The van der Waals surface area contributed by atoms with Crippen molar-refractivity contribution >= 4 is 5.78 Å². The Kier molecular flexibility index (Phi) is 2.56. The summed E-state index contributed by atoms with van der Waals surface area (Å²) >= 11 is 0. The van der Waals surface area contributed by atoms with E-state index < -0.39 is 5.41 Å². The molecular weight excluding hydrogens is 162 g/mol. The van der Waals surface area contributed by atoms with Crippen molar-refractivity contribution in [3.63, 3.8) is 0 Å². The van der Waals surface area contributed by atoms with E-state index in [0.29, 0.717) is 12.3 Å². The number of ketones is 1. The molecule has 1 rings (SSSR count). The van der Waals surface area contributed by atoms with Gasteiger partial charge in [-0.3, -0.25) is 4.79 Å². The van der Waals surface area contributed by atoms with Crippen LogP contribution < -0.4 is 0 Å². The minimum atomic E-state index is -0.403. The summed E-state index contributed by atoms with van der Waals surface area (Å²) in [6.45, 7) is 5.87. The molecule has 1 aliphatic rings. The van der Waals surface area contributed by atoms with Crippen molar-refractivity contribution in [2.24, 2.45) is 17.3 Å². The SMILES string of the molecule is C[C@H]1C=CC(=O)C[C@H]1C(C)(C)C#N. The van der Waals surface area contributed by atoms with Gasteiger partial charge in [0.1, 0.15) is 0 Å². The third kappa shape index (κ3) is 1.98. The molecule has 70 valence electrons. The van der Waals surface area contributed by atoms with Gasteiger partial charge in [-0.25, -0.2) is 0 Å². The lowest BCUT2D eigenvalue weighted by molar-refractivity contribution is -0.117. The lowest BCUT2D eigenvalue weighted by Gasteiger charge is -2.33. The molecule has 2 atom stereocenters. The fourth-order valence-electron chi connectivity index (χ4n) is 1.86. The Bertz CT molecular complexity index is 283. The van der Waals surface area contributed by atoms with Gasteiger partial charge in [-0.1, -0.05) is 13.0 Å². The molecule has 0 N–H and O–H groups in total. The van der Waals surface area contributed by atoms with Gasteiger partial charge in [-0.2, -0.15) is 5.26 Å². The van der Waals surface area contributed by atoms with Crippen LogP contribution in [-0.4, -0.2) is 5.78 Å². The molecule has 0 amide bonds. The fraction of sp³-hybridized carbons (Fsp3) is 0.636. The molecule has 0 spiro atoms. The maximum Gasteiger partial charge on any atom is 0.155 e. The van der Waals surface area contributed by atoms with Crippen LogP contribution in [-0.2, 0) is 4.79 Å². The van der Waals surface area contributed by atoms with Gasteiger partial charge >= 0.3 is 0 Å². The summed E-state index contributed by atoms with van der Waals surface area (Å²) in [5, 5.41) is 8.96. The summed E-state index contributed by atoms with van der Waals surface area (Å²) in [6.07, 6.45) is 4.06. The number of hydrogen-bond donors (Lipinski definition) is 0. The van der Waals surface area contributed by atoms with Gasteiger partial charge in [-0.05, 0) is 31.8 Å². The van der Waals surface area contributed by atoms with Crippen molar-refractivity contribution in [1.29, 1.82) is 5.26 Å². The molecule has 0 unspecified atom stereocenters. The van der Waals surface area contributed by atoms with Gasteiger partial charge in [0.2, 0.25) is 0 Å². The predicted octanol–water partition coefficient (Wildman–Crippen LogP) is 2.32. The van der Waals surface area contributed by atoms with Crippen LogP contribution in [0.3, 0.4) is 0 Å². The second kappa shape index (κ2) is 3.33. The Morgan fingerprint density at radius 2 is 2.23 bits per heavy atom. The van der Waals surface area contributed by atoms with Crippen LogP contribution in [0.2, 0.25) is 0 Å². The Morgan fingerprint density at radius 1 is 1.62 bits per heavy atom. The Labute approximate surface area is 79.2 Å². The molecule has 0 aliphatic heterocycles. The van der Waals surface area contributed by atoms with Crippen molar-refractivity contribution in [1.82, 2.24) is 0 Å². The summed E-state index contributed by atoms with van der Waals surface area (Å²) in [4.78, 5) is 11.2. The van der Waals surface area contributed by atoms with Gasteiger partial charge in [0.05, 0.1) is 11.5 Å². The molecular formula is C11H15NO. The molecule has 0 bridgehead atoms. The molecule has 0 aromatic carbocycles. The van der Waals surface area contributed by atoms with E-state index in [1.54, 1.807) is 6.08 Å². The molecule has 0 aromatic heterocycles. The van der Waals surface area contributed by atoms with Crippen molar-refractivity contribution in [2.45, 2.75) is 27.2 Å². The highest BCUT2D eigenvalue weighted by Crippen LogP contribution is 2.37. The van der Waals surface area contributed by atoms with Gasteiger partial charge in [-0.15, -0.1) is 0 Å². The molecule has 2 nitrogen and oxygen atoms in total. The molecule has 2 heteroatoms. The quantitative estimate of drug-likeness (QED) is 0.616. The zero-order valence-corrected chi connectivity index (χ0v) is 8.37. The molecule has 13 heavy (non-hydrogen) atoms. The third-order valence-corrected chi connectivity index (χ3v) is 2.86. The van der Waals surface area contributed by atoms with Crippen LogP contribution in [0.5, 0.6) is 0 Å². The first-order chi connectivity index (χ1) is 5.97. The molecule has 0 fully saturated rings. The number of allylic oxidation sites excluding steroid dienone is 2. The van der Waals surface area contributed by atoms with E-state index in [-0.39, 0.29) is 11.7 Å². The van der Waals surface area contributed by atoms with Crippen molar-refractivity contribution in [2.75, 3.05) is 0 Å². The van der Waals surface area contributed by atoms with Crippen molar-refractivity contribution in [3.8, 4) is 6.07 Å². The van der Waals surface area contributed by atoms with Crippen LogP contribution >= 0.6 is 0 Å². The van der Waals surface area contributed by atoms with Gasteiger partial charge < -0.3 is 0 Å². The number of nitriles is 1. The van der Waals surface area contributed by atoms with E-state index in [4.69, 9.17) is 5.26 Å². The Hall–Kier alpha value is -1.10. The summed E-state index contributed by atoms with van der Waals surface area (Å²) in [5.41, 5.74) is -0.403. The van der Waals surface area contributed by atoms with Crippen LogP contribution in [0.1, 0.15) is 27.2 Å². The number of hydrogen-bond acceptors (Lipinski definition) is 2. The highest BCUT2D eigenvalue weighted by molar-refractivity contribution is 5.90. The van der Waals surface area contributed by atoms with E-state index >= 15 is 0 Å². The van der Waals surface area contributed by atoms with Crippen molar-refractivity contribution in [3.05, 3.63) is 12.2 Å². The average Bonchev–Trinajstić information content (AvgIpc) is 2.09. The first kappa shape index (κ1) is 9.98. The third-order valence-electron chi connectivity index (χ3n) is 2.86. The van der Waals surface area contributed by atoms with Gasteiger partial charge in [0, 0.05) is 6.42 Å². The molecule has 0 saturated carbocycles. The highest BCUT2D eigenvalue weighted by atomic mass is 16.1. The number of carbonyl (C=O) groups excluding carboxylic acids is 1. The Balaban J connectivity index is 2.89. The van der Waals surface area contributed by atoms with Crippen molar-refractivity contribution < 1.29 is 4.79 Å². The smallest absolute Gasteiger partial charge is 0.155 e. The van der Waals surface area contributed by atoms with E-state index in [1.165, 1.54) is 0 Å². The predicted molar refractivity (Wildman–Crippen MR) is 50.8 cm³/mol. The maximum absolute atomic E-state index is 11.2. The van der Waals surface area contributed by atoms with Crippen LogP contribution in [0, 0.1) is 28.6 Å². The number of carbonyl (C=O) groups is 1. The van der Waals surface area contributed by atoms with Crippen LogP contribution in [0.15, 0.2) is 12.2 Å². The largest absolute Gasteiger partial charge is 0.295 e. The van der Waals surface area contributed by atoms with E-state index in [2.05, 4.69) is 13.0 Å². The van der Waals surface area contributed by atoms with E-state index in [0.717, 1.165) is 0 Å². The zero-order chi connectivity index (χ0) is 10.1. The Morgan fingerprint density at radius 3 is 2.77 bits per heavy atom. The minimum absolute atomic E-state index is 0.145. The fourth-order valence-corrected chi connectivity index (χ4v) is 1.86. The molecule has 1 aliphatic carbocycles. The second-order valence-electron chi connectivity index (χ2n) is 4.33. The first-order valence-electron chi connectivity index (χ1n) is 4.59. The molecule has 0 radical (unpaired) electrons. The molecule has 0 saturated heterocycles. The molecule has 0 aromatic rings. The zero-order valence-electron chi connectivity index (χ0n) is 8.37. The monoisotopic (exact) mass is 177 g/mol. The standard InChI is InChI=1S/C11H15NO/c1-8-4-5-9(13)6-10(8)11(2,3)7-12/h4-5,8,10H,6H2,1-3H3/t8-,10+/m0/s1. The normalized spacial score (nSPS) is 28.6. The topological polar surface area (TPSA) is 40.9 Å². The first-order valence-corrected chi connectivity index (χ1v) is 4.59. The summed E-state index contributed by atoms with van der Waals surface area (Å²) in [5.74, 6) is 0.633. The highest BCUT2D eigenvalue weighted by Gasteiger charge is 2.35. The number of nitrogens with zero attached hydrogens (tertiary/aromatic N) is 1. The summed E-state index contributed by atoms with van der Waals surface area (Å²) in [6, 6.07) is 2.28. The van der Waals surface area contributed by atoms with Crippen LogP contribution in [0.25, 0.3) is 0 Å². The van der Waals surface area contributed by atoms with E-state index in [1.807, 2.05) is 19.9 Å². The lowest BCUT2D eigenvalue weighted by atomic mass is 9.69. The van der Waals surface area contributed by atoms with E-state index in [9.17, 15) is 4.79 Å². The van der Waals surface area contributed by atoms with Gasteiger partial charge in [0.15, 0.2) is 5.78 Å². The van der Waals surface area contributed by atoms with Crippen LogP contribution in [0.4, 0.5) is 0 Å².